The standard InChI is InChI=1S/C13H24/c1-6-10-12(8-3)13(9-4)11(5)7-2/h10H,6-9H2,1-5H3/b12-10+,13-11+. The third kappa shape index (κ3) is 3.80. The van der Waals surface area contributed by atoms with Crippen LogP contribution < -0.4 is 0 Å². The van der Waals surface area contributed by atoms with E-state index in [0.29, 0.717) is 0 Å². The summed E-state index contributed by atoms with van der Waals surface area (Å²) < 4.78 is 0. The van der Waals surface area contributed by atoms with E-state index in [1.54, 1.807) is 16.7 Å². The molecule has 13 heavy (non-hydrogen) atoms. The third-order valence-electron chi connectivity index (χ3n) is 2.62. The maximum Gasteiger partial charge on any atom is -0.0305 e. The molecular formula is C13H24. The molecule has 0 amide bonds. The molecule has 0 saturated carbocycles. The third-order valence-corrected chi connectivity index (χ3v) is 2.62. The Hall–Kier alpha value is -0.520. The summed E-state index contributed by atoms with van der Waals surface area (Å²) in [5, 5.41) is 0. The van der Waals surface area contributed by atoms with Gasteiger partial charge in [0.15, 0.2) is 0 Å². The normalized spacial score (nSPS) is 14.4. The molecule has 0 aromatic heterocycles. The highest BCUT2D eigenvalue weighted by molar-refractivity contribution is 5.34. The number of allylic oxidation sites excluding steroid dienone is 4. The van der Waals surface area contributed by atoms with Gasteiger partial charge in [-0.15, -0.1) is 0 Å². The molecule has 0 atom stereocenters. The lowest BCUT2D eigenvalue weighted by Gasteiger charge is -2.12. The summed E-state index contributed by atoms with van der Waals surface area (Å²) >= 11 is 0. The lowest BCUT2D eigenvalue weighted by molar-refractivity contribution is 0.946. The van der Waals surface area contributed by atoms with Crippen LogP contribution in [0.15, 0.2) is 22.8 Å². The van der Waals surface area contributed by atoms with Crippen molar-refractivity contribution in [1.82, 2.24) is 0 Å². The Morgan fingerprint density at radius 1 is 0.923 bits per heavy atom. The van der Waals surface area contributed by atoms with Crippen molar-refractivity contribution in [2.24, 2.45) is 0 Å². The van der Waals surface area contributed by atoms with Crippen LogP contribution in [0, 0.1) is 0 Å². The van der Waals surface area contributed by atoms with Gasteiger partial charge in [-0.25, -0.2) is 0 Å². The van der Waals surface area contributed by atoms with E-state index in [-0.39, 0.29) is 0 Å². The molecule has 0 spiro atoms. The van der Waals surface area contributed by atoms with Gasteiger partial charge < -0.3 is 0 Å². The van der Waals surface area contributed by atoms with Gasteiger partial charge in [-0.05, 0) is 43.8 Å². The first-order valence-electron chi connectivity index (χ1n) is 5.59. The molecule has 0 heteroatoms. The lowest BCUT2D eigenvalue weighted by atomic mass is 9.94. The minimum absolute atomic E-state index is 1.16. The van der Waals surface area contributed by atoms with Crippen molar-refractivity contribution in [2.45, 2.75) is 60.3 Å². The van der Waals surface area contributed by atoms with Crippen LogP contribution in [-0.4, -0.2) is 0 Å². The Labute approximate surface area is 83.7 Å². The summed E-state index contributed by atoms with van der Waals surface area (Å²) in [5.74, 6) is 0. The van der Waals surface area contributed by atoms with Gasteiger partial charge in [-0.1, -0.05) is 39.3 Å². The average molecular weight is 180 g/mol. The van der Waals surface area contributed by atoms with Crippen molar-refractivity contribution in [3.63, 3.8) is 0 Å². The van der Waals surface area contributed by atoms with Crippen LogP contribution in [0.3, 0.4) is 0 Å². The summed E-state index contributed by atoms with van der Waals surface area (Å²) in [4.78, 5) is 0. The number of hydrogen-bond acceptors (Lipinski definition) is 0. The SMILES string of the molecule is CC/C=C(CC)/C(CC)=C(\C)CC. The van der Waals surface area contributed by atoms with Crippen molar-refractivity contribution in [2.75, 3.05) is 0 Å². The molecule has 0 heterocycles. The zero-order valence-electron chi connectivity index (χ0n) is 9.91. The molecule has 0 fully saturated rings. The molecule has 0 radical (unpaired) electrons. The summed E-state index contributed by atoms with van der Waals surface area (Å²) in [5.41, 5.74) is 4.71. The van der Waals surface area contributed by atoms with E-state index in [1.165, 1.54) is 19.3 Å². The second-order valence-corrected chi connectivity index (χ2v) is 3.46. The van der Waals surface area contributed by atoms with Crippen LogP contribution >= 0.6 is 0 Å². The molecule has 0 aromatic carbocycles. The van der Waals surface area contributed by atoms with Gasteiger partial charge in [0.2, 0.25) is 0 Å². The molecule has 0 aliphatic rings. The van der Waals surface area contributed by atoms with Crippen LogP contribution in [0.1, 0.15) is 60.3 Å². The zero-order chi connectivity index (χ0) is 10.3. The van der Waals surface area contributed by atoms with Crippen LogP contribution in [0.25, 0.3) is 0 Å². The smallest absolute Gasteiger partial charge is 0.0305 e. The Balaban J connectivity index is 4.83. The van der Waals surface area contributed by atoms with Gasteiger partial charge in [0, 0.05) is 0 Å². The minimum atomic E-state index is 1.16. The first-order chi connectivity index (χ1) is 6.21. The fraction of sp³-hybridized carbons (Fsp3) is 0.692. The molecule has 0 bridgehead atoms. The van der Waals surface area contributed by atoms with E-state index < -0.39 is 0 Å². The van der Waals surface area contributed by atoms with Crippen LogP contribution in [0.5, 0.6) is 0 Å². The summed E-state index contributed by atoms with van der Waals surface area (Å²) in [6, 6.07) is 0. The first-order valence-corrected chi connectivity index (χ1v) is 5.59. The zero-order valence-corrected chi connectivity index (χ0v) is 9.91. The number of rotatable bonds is 5. The fourth-order valence-corrected chi connectivity index (χ4v) is 1.74. The molecule has 0 unspecified atom stereocenters. The molecule has 0 saturated heterocycles. The fourth-order valence-electron chi connectivity index (χ4n) is 1.74. The van der Waals surface area contributed by atoms with E-state index in [4.69, 9.17) is 0 Å². The van der Waals surface area contributed by atoms with Gasteiger partial charge in [0.1, 0.15) is 0 Å². The largest absolute Gasteiger partial charge is 0.0813 e. The summed E-state index contributed by atoms with van der Waals surface area (Å²) in [6.45, 7) is 11.2. The Morgan fingerprint density at radius 2 is 1.54 bits per heavy atom. The van der Waals surface area contributed by atoms with Gasteiger partial charge in [-0.2, -0.15) is 0 Å². The second-order valence-electron chi connectivity index (χ2n) is 3.46. The van der Waals surface area contributed by atoms with Crippen molar-refractivity contribution >= 4 is 0 Å². The second kappa shape index (κ2) is 6.94. The lowest BCUT2D eigenvalue weighted by Crippen LogP contribution is -1.92. The van der Waals surface area contributed by atoms with Crippen molar-refractivity contribution < 1.29 is 0 Å². The average Bonchev–Trinajstić information content (AvgIpc) is 2.17. The van der Waals surface area contributed by atoms with Gasteiger partial charge in [0.05, 0.1) is 0 Å². The molecule has 0 N–H and O–H groups in total. The van der Waals surface area contributed by atoms with Crippen LogP contribution in [0.4, 0.5) is 0 Å². The van der Waals surface area contributed by atoms with E-state index in [0.717, 1.165) is 6.42 Å². The molecule has 76 valence electrons. The highest BCUT2D eigenvalue weighted by atomic mass is 14.1. The highest BCUT2D eigenvalue weighted by Gasteiger charge is 2.03. The van der Waals surface area contributed by atoms with E-state index in [9.17, 15) is 0 Å². The van der Waals surface area contributed by atoms with E-state index in [1.807, 2.05) is 0 Å². The summed E-state index contributed by atoms with van der Waals surface area (Å²) in [6.07, 6.45) is 7.07. The van der Waals surface area contributed by atoms with E-state index >= 15 is 0 Å². The maximum atomic E-state index is 2.37. The predicted molar refractivity (Wildman–Crippen MR) is 61.9 cm³/mol. The minimum Gasteiger partial charge on any atom is -0.0813 e. The van der Waals surface area contributed by atoms with Gasteiger partial charge >= 0.3 is 0 Å². The van der Waals surface area contributed by atoms with Crippen LogP contribution in [0.2, 0.25) is 0 Å². The Morgan fingerprint density at radius 3 is 1.85 bits per heavy atom. The van der Waals surface area contributed by atoms with Crippen LogP contribution in [-0.2, 0) is 0 Å². The Kier molecular flexibility index (Phi) is 6.66. The predicted octanol–water partition coefficient (Wildman–Crippen LogP) is 4.87. The first kappa shape index (κ1) is 12.5. The van der Waals surface area contributed by atoms with Gasteiger partial charge in [-0.3, -0.25) is 0 Å². The topological polar surface area (TPSA) is 0 Å². The molecule has 0 aliphatic carbocycles. The molecule has 0 aromatic rings. The monoisotopic (exact) mass is 180 g/mol. The van der Waals surface area contributed by atoms with Crippen molar-refractivity contribution in [3.8, 4) is 0 Å². The van der Waals surface area contributed by atoms with E-state index in [2.05, 4.69) is 40.7 Å². The van der Waals surface area contributed by atoms with Gasteiger partial charge in [0.25, 0.3) is 0 Å². The molecule has 0 rings (SSSR count). The summed E-state index contributed by atoms with van der Waals surface area (Å²) in [7, 11) is 0. The Bertz CT molecular complexity index is 194. The molecule has 0 aliphatic heterocycles. The molecular weight excluding hydrogens is 156 g/mol. The quantitative estimate of drug-likeness (QED) is 0.529. The van der Waals surface area contributed by atoms with Crippen molar-refractivity contribution in [3.05, 3.63) is 22.8 Å². The number of hydrogen-bond donors (Lipinski definition) is 0. The van der Waals surface area contributed by atoms with Crippen molar-refractivity contribution in [1.29, 1.82) is 0 Å². The highest BCUT2D eigenvalue weighted by Crippen LogP contribution is 2.23. The molecule has 0 nitrogen and oxygen atoms in total. The maximum absolute atomic E-state index is 2.37.